The molecule has 1 N–H and O–H groups in total. The number of halogens is 1. The third-order valence-electron chi connectivity index (χ3n) is 3.85. The van der Waals surface area contributed by atoms with Crippen molar-refractivity contribution in [2.45, 2.75) is 37.7 Å². The fraction of sp³-hybridized carbons (Fsp3) is 0.571. The summed E-state index contributed by atoms with van der Waals surface area (Å²) < 4.78 is 19.2. The maximum Gasteiger partial charge on any atom is 0.123 e. The Balaban J connectivity index is 1.89. The van der Waals surface area contributed by atoms with Gasteiger partial charge in [-0.2, -0.15) is 0 Å². The van der Waals surface area contributed by atoms with Crippen LogP contribution in [0, 0.1) is 5.82 Å². The van der Waals surface area contributed by atoms with Gasteiger partial charge in [-0.25, -0.2) is 4.39 Å². The van der Waals surface area contributed by atoms with Gasteiger partial charge in [0.2, 0.25) is 0 Å². The van der Waals surface area contributed by atoms with Gasteiger partial charge in [0.05, 0.1) is 6.10 Å². The molecule has 0 saturated carbocycles. The van der Waals surface area contributed by atoms with Gasteiger partial charge in [0, 0.05) is 24.8 Å². The lowest BCUT2D eigenvalue weighted by Crippen LogP contribution is -2.31. The van der Waals surface area contributed by atoms with E-state index in [2.05, 4.69) is 5.32 Å². The summed E-state index contributed by atoms with van der Waals surface area (Å²) in [6, 6.07) is 5.04. The van der Waals surface area contributed by atoms with E-state index < -0.39 is 0 Å². The van der Waals surface area contributed by atoms with Crippen LogP contribution in [0.5, 0.6) is 0 Å². The predicted molar refractivity (Wildman–Crippen MR) is 65.8 cm³/mol. The van der Waals surface area contributed by atoms with Crippen LogP contribution in [0.4, 0.5) is 10.1 Å². The molecule has 1 saturated heterocycles. The average molecular weight is 235 g/mol. The van der Waals surface area contributed by atoms with Crippen molar-refractivity contribution in [1.82, 2.24) is 0 Å². The number of fused-ring (bicyclic) bond motifs is 1. The van der Waals surface area contributed by atoms with Gasteiger partial charge in [-0.05, 0) is 49.4 Å². The monoisotopic (exact) mass is 235 g/mol. The molecule has 0 radical (unpaired) electrons. The second kappa shape index (κ2) is 4.65. The van der Waals surface area contributed by atoms with Crippen molar-refractivity contribution < 1.29 is 9.13 Å². The zero-order chi connectivity index (χ0) is 11.7. The van der Waals surface area contributed by atoms with E-state index in [-0.39, 0.29) is 11.9 Å². The van der Waals surface area contributed by atoms with Crippen LogP contribution in [-0.2, 0) is 4.74 Å². The van der Waals surface area contributed by atoms with Crippen LogP contribution in [0.2, 0.25) is 0 Å². The fourth-order valence-electron chi connectivity index (χ4n) is 2.99. The molecule has 1 aromatic rings. The Morgan fingerprint density at radius 1 is 1.24 bits per heavy atom. The van der Waals surface area contributed by atoms with Gasteiger partial charge in [-0.3, -0.25) is 0 Å². The Bertz CT molecular complexity index is 401. The molecule has 2 heterocycles. The molecular formula is C14H18FNO. The molecule has 2 nitrogen and oxygen atoms in total. The van der Waals surface area contributed by atoms with Gasteiger partial charge in [0.25, 0.3) is 0 Å². The summed E-state index contributed by atoms with van der Waals surface area (Å²) in [6.45, 7) is 1.82. The zero-order valence-electron chi connectivity index (χ0n) is 9.92. The molecular weight excluding hydrogens is 217 g/mol. The molecule has 3 heteroatoms. The number of benzene rings is 1. The van der Waals surface area contributed by atoms with Crippen LogP contribution in [0.15, 0.2) is 18.2 Å². The summed E-state index contributed by atoms with van der Waals surface area (Å²) >= 11 is 0. The van der Waals surface area contributed by atoms with Gasteiger partial charge in [-0.1, -0.05) is 0 Å². The van der Waals surface area contributed by atoms with Gasteiger partial charge < -0.3 is 10.1 Å². The molecule has 0 spiro atoms. The summed E-state index contributed by atoms with van der Waals surface area (Å²) in [5.41, 5.74) is 2.18. The largest absolute Gasteiger partial charge is 0.385 e. The van der Waals surface area contributed by atoms with E-state index in [4.69, 9.17) is 4.74 Å². The molecule has 1 fully saturated rings. The molecule has 0 aliphatic carbocycles. The standard InChI is InChI=1S/C14H18FNO/c15-10-4-5-13-12(9-10)11(6-7-16-13)14-3-1-2-8-17-14/h4-5,9,11,14,16H,1-3,6-8H2. The van der Waals surface area contributed by atoms with Crippen molar-refractivity contribution >= 4 is 5.69 Å². The fourth-order valence-corrected chi connectivity index (χ4v) is 2.99. The van der Waals surface area contributed by atoms with Gasteiger partial charge in [0.15, 0.2) is 0 Å². The van der Waals surface area contributed by atoms with Crippen LogP contribution in [0.1, 0.15) is 37.2 Å². The van der Waals surface area contributed by atoms with Gasteiger partial charge >= 0.3 is 0 Å². The molecule has 17 heavy (non-hydrogen) atoms. The van der Waals surface area contributed by atoms with Crippen molar-refractivity contribution in [3.8, 4) is 0 Å². The Hall–Kier alpha value is -1.09. The average Bonchev–Trinajstić information content (AvgIpc) is 2.39. The Labute approximate surface area is 101 Å². The number of nitrogens with one attached hydrogen (secondary N) is 1. The minimum Gasteiger partial charge on any atom is -0.385 e. The van der Waals surface area contributed by atoms with Crippen LogP contribution in [-0.4, -0.2) is 19.3 Å². The first-order valence-corrected chi connectivity index (χ1v) is 6.49. The van der Waals surface area contributed by atoms with Crippen molar-refractivity contribution in [2.24, 2.45) is 0 Å². The highest BCUT2D eigenvalue weighted by atomic mass is 19.1. The highest BCUT2D eigenvalue weighted by Crippen LogP contribution is 2.38. The molecule has 92 valence electrons. The first kappa shape index (κ1) is 11.0. The number of anilines is 1. The Kier molecular flexibility index (Phi) is 3.02. The van der Waals surface area contributed by atoms with Crippen molar-refractivity contribution in [1.29, 1.82) is 0 Å². The normalized spacial score (nSPS) is 28.3. The summed E-state index contributed by atoms with van der Waals surface area (Å²) in [4.78, 5) is 0. The zero-order valence-corrected chi connectivity index (χ0v) is 9.92. The van der Waals surface area contributed by atoms with Crippen LogP contribution in [0.25, 0.3) is 0 Å². The van der Waals surface area contributed by atoms with E-state index in [1.807, 2.05) is 6.07 Å². The second-order valence-electron chi connectivity index (χ2n) is 4.96. The lowest BCUT2D eigenvalue weighted by Gasteiger charge is -2.35. The van der Waals surface area contributed by atoms with E-state index in [0.717, 1.165) is 43.7 Å². The molecule has 0 bridgehead atoms. The minimum atomic E-state index is -0.145. The summed E-state index contributed by atoms with van der Waals surface area (Å²) in [7, 11) is 0. The van der Waals surface area contributed by atoms with E-state index in [9.17, 15) is 4.39 Å². The molecule has 2 unspecified atom stereocenters. The van der Waals surface area contributed by atoms with Crippen molar-refractivity contribution in [3.63, 3.8) is 0 Å². The summed E-state index contributed by atoms with van der Waals surface area (Å²) in [5, 5.41) is 3.34. The quantitative estimate of drug-likeness (QED) is 0.806. The van der Waals surface area contributed by atoms with E-state index in [0.29, 0.717) is 5.92 Å². The first-order valence-electron chi connectivity index (χ1n) is 6.49. The summed E-state index contributed by atoms with van der Waals surface area (Å²) in [6.07, 6.45) is 4.84. The number of ether oxygens (including phenoxy) is 1. The molecule has 2 atom stereocenters. The molecule has 0 amide bonds. The summed E-state index contributed by atoms with van der Waals surface area (Å²) in [5.74, 6) is 0.218. The highest BCUT2D eigenvalue weighted by Gasteiger charge is 2.30. The van der Waals surface area contributed by atoms with Gasteiger partial charge in [-0.15, -0.1) is 0 Å². The van der Waals surface area contributed by atoms with Crippen molar-refractivity contribution in [2.75, 3.05) is 18.5 Å². The number of hydrogen-bond donors (Lipinski definition) is 1. The molecule has 2 aliphatic rings. The number of rotatable bonds is 1. The predicted octanol–water partition coefficient (Wildman–Crippen LogP) is 3.29. The topological polar surface area (TPSA) is 21.3 Å². The van der Waals surface area contributed by atoms with E-state index in [1.165, 1.54) is 12.5 Å². The van der Waals surface area contributed by atoms with Crippen LogP contribution >= 0.6 is 0 Å². The Morgan fingerprint density at radius 2 is 2.18 bits per heavy atom. The highest BCUT2D eigenvalue weighted by molar-refractivity contribution is 5.55. The lowest BCUT2D eigenvalue weighted by molar-refractivity contribution is -0.00267. The van der Waals surface area contributed by atoms with Crippen LogP contribution in [0.3, 0.4) is 0 Å². The van der Waals surface area contributed by atoms with Gasteiger partial charge in [0.1, 0.15) is 5.82 Å². The maximum absolute atomic E-state index is 13.4. The van der Waals surface area contributed by atoms with Crippen molar-refractivity contribution in [3.05, 3.63) is 29.6 Å². The smallest absolute Gasteiger partial charge is 0.123 e. The molecule has 2 aliphatic heterocycles. The lowest BCUT2D eigenvalue weighted by atomic mass is 9.83. The SMILES string of the molecule is Fc1ccc2c(c1)C(C1CCCCO1)CCN2. The van der Waals surface area contributed by atoms with E-state index >= 15 is 0 Å². The first-order chi connectivity index (χ1) is 8.34. The number of hydrogen-bond acceptors (Lipinski definition) is 2. The third kappa shape index (κ3) is 2.16. The maximum atomic E-state index is 13.4. The second-order valence-corrected chi connectivity index (χ2v) is 4.96. The van der Waals surface area contributed by atoms with Crippen LogP contribution < -0.4 is 5.32 Å². The molecule has 3 rings (SSSR count). The Morgan fingerprint density at radius 3 is 3.00 bits per heavy atom. The third-order valence-corrected chi connectivity index (χ3v) is 3.85. The molecule has 1 aromatic carbocycles. The molecule has 0 aromatic heterocycles. The van der Waals surface area contributed by atoms with E-state index in [1.54, 1.807) is 6.07 Å². The minimum absolute atomic E-state index is 0.145.